The van der Waals surface area contributed by atoms with Crippen molar-refractivity contribution in [2.24, 2.45) is 11.8 Å². The minimum absolute atomic E-state index is 0.795. The van der Waals surface area contributed by atoms with E-state index >= 15 is 0 Å². The van der Waals surface area contributed by atoms with Gasteiger partial charge in [0.2, 0.25) is 0 Å². The summed E-state index contributed by atoms with van der Waals surface area (Å²) in [7, 11) is 0. The van der Waals surface area contributed by atoms with Gasteiger partial charge in [0.25, 0.3) is 0 Å². The van der Waals surface area contributed by atoms with E-state index in [2.05, 4.69) is 10.6 Å². The van der Waals surface area contributed by atoms with Crippen molar-refractivity contribution in [2.45, 2.75) is 50.6 Å². The lowest BCUT2D eigenvalue weighted by Crippen LogP contribution is -2.61. The molecule has 1 unspecified atom stereocenters. The average Bonchev–Trinajstić information content (AvgIpc) is 2.16. The van der Waals surface area contributed by atoms with E-state index in [1.165, 1.54) is 51.6 Å². The van der Waals surface area contributed by atoms with E-state index in [9.17, 15) is 0 Å². The van der Waals surface area contributed by atoms with Gasteiger partial charge in [-0.05, 0) is 44.2 Å². The van der Waals surface area contributed by atoms with Crippen LogP contribution >= 0.6 is 0 Å². The van der Waals surface area contributed by atoms with E-state index in [0.717, 1.165) is 23.9 Å². The minimum Gasteiger partial charge on any atom is -0.312 e. The summed E-state index contributed by atoms with van der Waals surface area (Å²) in [6, 6.07) is 1.60. The Morgan fingerprint density at radius 2 is 1.71 bits per heavy atom. The summed E-state index contributed by atoms with van der Waals surface area (Å²) in [5, 5.41) is 7.45. The molecule has 2 aliphatic heterocycles. The van der Waals surface area contributed by atoms with E-state index in [-0.39, 0.29) is 0 Å². The highest BCUT2D eigenvalue weighted by Gasteiger charge is 2.40. The molecule has 0 aromatic heterocycles. The van der Waals surface area contributed by atoms with Gasteiger partial charge in [0.15, 0.2) is 0 Å². The molecule has 0 aromatic carbocycles. The molecule has 0 radical (unpaired) electrons. The summed E-state index contributed by atoms with van der Waals surface area (Å²) >= 11 is 0. The van der Waals surface area contributed by atoms with Crippen LogP contribution in [0, 0.1) is 11.8 Å². The van der Waals surface area contributed by atoms with Gasteiger partial charge in [-0.25, -0.2) is 0 Å². The Morgan fingerprint density at radius 3 is 2.50 bits per heavy atom. The Hall–Kier alpha value is -0.0800. The van der Waals surface area contributed by atoms with Gasteiger partial charge in [-0.15, -0.1) is 0 Å². The quantitative estimate of drug-likeness (QED) is 0.661. The van der Waals surface area contributed by atoms with Gasteiger partial charge in [0, 0.05) is 12.1 Å². The highest BCUT2D eigenvalue weighted by molar-refractivity contribution is 4.98. The van der Waals surface area contributed by atoms with Crippen LogP contribution in [0.15, 0.2) is 0 Å². The third-order valence-electron chi connectivity index (χ3n) is 4.61. The molecule has 80 valence electrons. The fourth-order valence-electron chi connectivity index (χ4n) is 3.60. The number of rotatable bonds is 1. The van der Waals surface area contributed by atoms with E-state index in [0.29, 0.717) is 0 Å². The van der Waals surface area contributed by atoms with E-state index < -0.39 is 0 Å². The highest BCUT2D eigenvalue weighted by atomic mass is 15.1. The zero-order valence-electron chi connectivity index (χ0n) is 8.97. The molecule has 0 aromatic rings. The number of hydrogen-bond donors (Lipinski definition) is 2. The number of piperidine rings is 2. The van der Waals surface area contributed by atoms with E-state index in [1.54, 1.807) is 0 Å². The molecular weight excluding hydrogens is 172 g/mol. The van der Waals surface area contributed by atoms with Crippen LogP contribution in [0.25, 0.3) is 0 Å². The molecule has 3 aliphatic rings. The van der Waals surface area contributed by atoms with Crippen molar-refractivity contribution < 1.29 is 0 Å². The van der Waals surface area contributed by atoms with Crippen molar-refractivity contribution >= 4 is 0 Å². The van der Waals surface area contributed by atoms with Crippen molar-refractivity contribution in [1.29, 1.82) is 0 Å². The first-order valence-corrected chi connectivity index (χ1v) is 6.42. The smallest absolute Gasteiger partial charge is 0.0252 e. The molecule has 1 aliphatic carbocycles. The molecule has 3 fully saturated rings. The Kier molecular flexibility index (Phi) is 2.50. The zero-order valence-corrected chi connectivity index (χ0v) is 8.97. The van der Waals surface area contributed by atoms with Gasteiger partial charge < -0.3 is 10.6 Å². The van der Waals surface area contributed by atoms with Crippen LogP contribution < -0.4 is 10.6 Å². The first-order chi connectivity index (χ1) is 6.95. The molecule has 2 saturated heterocycles. The number of fused-ring (bicyclic) bond motifs is 1. The molecule has 2 heteroatoms. The molecule has 1 saturated carbocycles. The van der Waals surface area contributed by atoms with Gasteiger partial charge in [-0.2, -0.15) is 0 Å². The second-order valence-electron chi connectivity index (χ2n) is 5.33. The second kappa shape index (κ2) is 3.82. The molecule has 2 heterocycles. The van der Waals surface area contributed by atoms with Gasteiger partial charge in [-0.3, -0.25) is 0 Å². The van der Waals surface area contributed by atoms with E-state index in [4.69, 9.17) is 0 Å². The maximum Gasteiger partial charge on any atom is 0.0252 e. The summed E-state index contributed by atoms with van der Waals surface area (Å²) in [6.07, 6.45) is 8.70. The molecule has 2 N–H and O–H groups in total. The van der Waals surface area contributed by atoms with Crippen molar-refractivity contribution in [3.8, 4) is 0 Å². The summed E-state index contributed by atoms with van der Waals surface area (Å²) in [4.78, 5) is 0. The second-order valence-corrected chi connectivity index (χ2v) is 5.33. The topological polar surface area (TPSA) is 24.1 Å². The van der Waals surface area contributed by atoms with Crippen LogP contribution in [0.2, 0.25) is 0 Å². The molecule has 14 heavy (non-hydrogen) atoms. The van der Waals surface area contributed by atoms with Gasteiger partial charge in [0.1, 0.15) is 0 Å². The lowest BCUT2D eigenvalue weighted by molar-refractivity contribution is 0.0889. The number of hydrogen-bond acceptors (Lipinski definition) is 2. The third-order valence-corrected chi connectivity index (χ3v) is 4.61. The minimum atomic E-state index is 0.795. The van der Waals surface area contributed by atoms with E-state index in [1.807, 2.05) is 0 Å². The normalized spacial score (nSPS) is 44.1. The number of nitrogens with one attached hydrogen (secondary N) is 2. The first-order valence-electron chi connectivity index (χ1n) is 6.42. The van der Waals surface area contributed by atoms with Gasteiger partial charge in [0.05, 0.1) is 0 Å². The molecule has 0 spiro atoms. The predicted molar refractivity (Wildman–Crippen MR) is 58.3 cm³/mol. The third kappa shape index (κ3) is 1.49. The van der Waals surface area contributed by atoms with Crippen molar-refractivity contribution in [1.82, 2.24) is 10.6 Å². The Balaban J connectivity index is 1.69. The van der Waals surface area contributed by atoms with Crippen molar-refractivity contribution in [3.63, 3.8) is 0 Å². The highest BCUT2D eigenvalue weighted by Crippen LogP contribution is 2.39. The van der Waals surface area contributed by atoms with Crippen LogP contribution in [-0.2, 0) is 0 Å². The Bertz CT molecular complexity index is 196. The summed E-state index contributed by atoms with van der Waals surface area (Å²) in [5.41, 5.74) is 0. The largest absolute Gasteiger partial charge is 0.312 e. The summed E-state index contributed by atoms with van der Waals surface area (Å²) in [5.74, 6) is 2.06. The predicted octanol–water partition coefficient (Wildman–Crippen LogP) is 1.52. The standard InChI is InChI=1S/C12H22N2/c1-3-9(4-1)10-6-8-13-11-5-2-7-14-12(10)11/h9-14H,1-8H2/t10?,11-,12-/m1/s1. The summed E-state index contributed by atoms with van der Waals surface area (Å²) < 4.78 is 0. The van der Waals surface area contributed by atoms with Crippen LogP contribution in [0.5, 0.6) is 0 Å². The van der Waals surface area contributed by atoms with Gasteiger partial charge in [-0.1, -0.05) is 19.3 Å². The van der Waals surface area contributed by atoms with Crippen molar-refractivity contribution in [2.75, 3.05) is 13.1 Å². The average molecular weight is 194 g/mol. The first kappa shape index (κ1) is 9.17. The van der Waals surface area contributed by atoms with Gasteiger partial charge >= 0.3 is 0 Å². The molecule has 0 bridgehead atoms. The zero-order chi connectivity index (χ0) is 9.38. The lowest BCUT2D eigenvalue weighted by Gasteiger charge is -2.48. The summed E-state index contributed by atoms with van der Waals surface area (Å²) in [6.45, 7) is 2.52. The lowest BCUT2D eigenvalue weighted by atomic mass is 9.67. The Morgan fingerprint density at radius 1 is 0.786 bits per heavy atom. The maximum atomic E-state index is 3.76. The van der Waals surface area contributed by atoms with Crippen molar-refractivity contribution in [3.05, 3.63) is 0 Å². The monoisotopic (exact) mass is 194 g/mol. The fourth-order valence-corrected chi connectivity index (χ4v) is 3.60. The van der Waals surface area contributed by atoms with Crippen LogP contribution in [0.4, 0.5) is 0 Å². The fraction of sp³-hybridized carbons (Fsp3) is 1.00. The molecule has 3 rings (SSSR count). The molecule has 2 nitrogen and oxygen atoms in total. The Labute approximate surface area is 86.8 Å². The van der Waals surface area contributed by atoms with Crippen LogP contribution in [0.1, 0.15) is 38.5 Å². The maximum absolute atomic E-state index is 3.76. The van der Waals surface area contributed by atoms with Crippen LogP contribution in [0.3, 0.4) is 0 Å². The molecular formula is C12H22N2. The van der Waals surface area contributed by atoms with Crippen LogP contribution in [-0.4, -0.2) is 25.2 Å². The molecule has 3 atom stereocenters. The molecule has 0 amide bonds. The SMILES string of the molecule is C1CC(C2CCN[C@@H]3CCCN[C@H]23)C1.